The smallest absolute Gasteiger partial charge is 0.231 e. The number of imidazole rings is 1. The highest BCUT2D eigenvalue weighted by atomic mass is 35.5. The van der Waals surface area contributed by atoms with Crippen LogP contribution in [0.5, 0.6) is 0 Å². The van der Waals surface area contributed by atoms with E-state index >= 15 is 0 Å². The third-order valence-corrected chi connectivity index (χ3v) is 1.82. The highest BCUT2D eigenvalue weighted by Crippen LogP contribution is 2.15. The monoisotopic (exact) mass is 213 g/mol. The summed E-state index contributed by atoms with van der Waals surface area (Å²) >= 11 is 11.2. The Kier molecular flexibility index (Phi) is 1.79. The molecule has 0 saturated heterocycles. The lowest BCUT2D eigenvalue weighted by Gasteiger charge is -1.95. The van der Waals surface area contributed by atoms with Crippen LogP contribution < -0.4 is 0 Å². The van der Waals surface area contributed by atoms with Gasteiger partial charge in [-0.05, 0) is 11.6 Å². The zero-order chi connectivity index (χ0) is 9.42. The zero-order valence-corrected chi connectivity index (χ0v) is 7.58. The maximum absolute atomic E-state index is 8.65. The molecule has 2 heterocycles. The minimum atomic E-state index is -0.0213. The average molecular weight is 214 g/mol. The van der Waals surface area contributed by atoms with Gasteiger partial charge in [-0.1, -0.05) is 11.6 Å². The molecule has 0 aliphatic carbocycles. The van der Waals surface area contributed by atoms with Crippen molar-refractivity contribution in [3.63, 3.8) is 0 Å². The molecule has 13 heavy (non-hydrogen) atoms. The normalized spacial score (nSPS) is 10.2. The first-order valence-corrected chi connectivity index (χ1v) is 3.95. The first-order chi connectivity index (χ1) is 6.22. The fraction of sp³-hybridized carbons (Fsp3) is 0. The van der Waals surface area contributed by atoms with Gasteiger partial charge >= 0.3 is 0 Å². The van der Waals surface area contributed by atoms with E-state index in [-0.39, 0.29) is 16.1 Å². The lowest BCUT2D eigenvalue weighted by Crippen LogP contribution is -1.97. The molecule has 0 aromatic carbocycles. The Bertz CT molecular complexity index is 511. The summed E-state index contributed by atoms with van der Waals surface area (Å²) in [5.74, 6) is 0. The summed E-state index contributed by atoms with van der Waals surface area (Å²) in [7, 11) is 0. The van der Waals surface area contributed by atoms with Gasteiger partial charge in [0.05, 0.1) is 6.20 Å². The molecule has 0 radical (unpaired) electrons. The largest absolute Gasteiger partial charge is 0.242 e. The summed E-state index contributed by atoms with van der Waals surface area (Å²) in [5, 5.41) is 12.5. The molecule has 5 nitrogen and oxygen atoms in total. The molecule has 0 aliphatic heterocycles. The van der Waals surface area contributed by atoms with E-state index in [4.69, 9.17) is 28.5 Å². The van der Waals surface area contributed by atoms with Crippen LogP contribution in [0.15, 0.2) is 6.20 Å². The maximum atomic E-state index is 8.65. The Labute approximate surface area is 82.5 Å². The molecule has 2 aromatic heterocycles. The van der Waals surface area contributed by atoms with Gasteiger partial charge in [0.1, 0.15) is 6.07 Å². The van der Waals surface area contributed by atoms with E-state index in [0.717, 1.165) is 0 Å². The number of aromatic nitrogens is 4. The van der Waals surface area contributed by atoms with Crippen LogP contribution in [-0.4, -0.2) is 19.6 Å². The van der Waals surface area contributed by atoms with E-state index in [1.807, 2.05) is 6.07 Å². The van der Waals surface area contributed by atoms with Crippen LogP contribution in [-0.2, 0) is 0 Å². The SMILES string of the molecule is N#Cc1cnc2c(Cl)nc(Cl)nn12. The molecule has 0 aliphatic rings. The van der Waals surface area contributed by atoms with Crippen molar-refractivity contribution >= 4 is 28.8 Å². The number of nitrogens with zero attached hydrogens (tertiary/aromatic N) is 5. The number of halogens is 2. The molecule has 0 fully saturated rings. The molecule has 0 atom stereocenters. The van der Waals surface area contributed by atoms with Crippen LogP contribution in [0.2, 0.25) is 10.4 Å². The van der Waals surface area contributed by atoms with E-state index in [2.05, 4.69) is 15.1 Å². The van der Waals surface area contributed by atoms with Gasteiger partial charge in [0, 0.05) is 0 Å². The topological polar surface area (TPSA) is 66.9 Å². The predicted octanol–water partition coefficient (Wildman–Crippen LogP) is 1.30. The number of hydrogen-bond donors (Lipinski definition) is 0. The average Bonchev–Trinajstić information content (AvgIpc) is 2.47. The van der Waals surface area contributed by atoms with E-state index in [0.29, 0.717) is 5.65 Å². The summed E-state index contributed by atoms with van der Waals surface area (Å²) in [6, 6.07) is 1.90. The summed E-state index contributed by atoms with van der Waals surface area (Å²) in [6.07, 6.45) is 1.35. The van der Waals surface area contributed by atoms with Crippen LogP contribution >= 0.6 is 23.2 Å². The number of nitriles is 1. The van der Waals surface area contributed by atoms with Crippen LogP contribution in [0.3, 0.4) is 0 Å². The van der Waals surface area contributed by atoms with Gasteiger partial charge in [-0.25, -0.2) is 9.97 Å². The Morgan fingerprint density at radius 2 is 2.23 bits per heavy atom. The Morgan fingerprint density at radius 1 is 1.46 bits per heavy atom. The van der Waals surface area contributed by atoms with Gasteiger partial charge in [-0.15, -0.1) is 5.10 Å². The van der Waals surface area contributed by atoms with Crippen LogP contribution in [0, 0.1) is 11.3 Å². The molecule has 2 aromatic rings. The fourth-order valence-corrected chi connectivity index (χ4v) is 1.31. The van der Waals surface area contributed by atoms with Crippen molar-refractivity contribution in [2.75, 3.05) is 0 Å². The van der Waals surface area contributed by atoms with Gasteiger partial charge in [0.25, 0.3) is 0 Å². The predicted molar refractivity (Wildman–Crippen MR) is 45.5 cm³/mol. The Morgan fingerprint density at radius 3 is 2.92 bits per heavy atom. The second-order valence-corrected chi connectivity index (χ2v) is 2.86. The second-order valence-electron chi connectivity index (χ2n) is 2.16. The van der Waals surface area contributed by atoms with Crippen molar-refractivity contribution in [2.24, 2.45) is 0 Å². The maximum Gasteiger partial charge on any atom is 0.242 e. The van der Waals surface area contributed by atoms with E-state index in [1.54, 1.807) is 0 Å². The molecule has 0 amide bonds. The van der Waals surface area contributed by atoms with Crippen molar-refractivity contribution in [2.45, 2.75) is 0 Å². The molecule has 0 spiro atoms. The number of rotatable bonds is 0. The molecule has 0 N–H and O–H groups in total. The summed E-state index contributed by atoms with van der Waals surface area (Å²) in [6.45, 7) is 0. The van der Waals surface area contributed by atoms with Crippen molar-refractivity contribution in [3.8, 4) is 6.07 Å². The van der Waals surface area contributed by atoms with Crippen LogP contribution in [0.25, 0.3) is 5.65 Å². The van der Waals surface area contributed by atoms with E-state index in [1.165, 1.54) is 10.7 Å². The molecular weight excluding hydrogens is 213 g/mol. The highest BCUT2D eigenvalue weighted by Gasteiger charge is 2.09. The number of fused-ring (bicyclic) bond motifs is 1. The molecule has 2 rings (SSSR count). The van der Waals surface area contributed by atoms with E-state index in [9.17, 15) is 0 Å². The van der Waals surface area contributed by atoms with Crippen molar-refractivity contribution < 1.29 is 0 Å². The molecule has 7 heteroatoms. The zero-order valence-electron chi connectivity index (χ0n) is 6.07. The molecule has 0 unspecified atom stereocenters. The van der Waals surface area contributed by atoms with Crippen LogP contribution in [0.4, 0.5) is 0 Å². The van der Waals surface area contributed by atoms with Gasteiger partial charge in [-0.2, -0.15) is 9.78 Å². The van der Waals surface area contributed by atoms with Crippen molar-refractivity contribution in [1.29, 1.82) is 5.26 Å². The van der Waals surface area contributed by atoms with Crippen molar-refractivity contribution in [3.05, 3.63) is 22.3 Å². The summed E-state index contributed by atoms with van der Waals surface area (Å²) in [4.78, 5) is 7.53. The van der Waals surface area contributed by atoms with E-state index < -0.39 is 0 Å². The Balaban J connectivity index is 2.92. The quantitative estimate of drug-likeness (QED) is 0.662. The standard InChI is InChI=1S/C6HCl2N5/c7-4-5-10-2-3(1-9)13(5)12-6(8)11-4/h2H. The summed E-state index contributed by atoms with van der Waals surface area (Å²) in [5.41, 5.74) is 0.587. The molecule has 0 saturated carbocycles. The van der Waals surface area contributed by atoms with Gasteiger partial charge in [0.2, 0.25) is 5.28 Å². The number of hydrogen-bond acceptors (Lipinski definition) is 4. The van der Waals surface area contributed by atoms with Gasteiger partial charge in [-0.3, -0.25) is 0 Å². The molecule has 64 valence electrons. The lowest BCUT2D eigenvalue weighted by atomic mass is 10.5. The highest BCUT2D eigenvalue weighted by molar-refractivity contribution is 6.33. The van der Waals surface area contributed by atoms with Crippen LogP contribution in [0.1, 0.15) is 5.69 Å². The third-order valence-electron chi connectivity index (χ3n) is 1.41. The minimum Gasteiger partial charge on any atom is -0.231 e. The van der Waals surface area contributed by atoms with Gasteiger partial charge < -0.3 is 0 Å². The summed E-state index contributed by atoms with van der Waals surface area (Å²) < 4.78 is 1.25. The van der Waals surface area contributed by atoms with Crippen molar-refractivity contribution in [1.82, 2.24) is 19.6 Å². The first kappa shape index (κ1) is 8.23. The lowest BCUT2D eigenvalue weighted by molar-refractivity contribution is 0.886. The second kappa shape index (κ2) is 2.83. The molecule has 0 bridgehead atoms. The Hall–Kier alpha value is -1.38. The fourth-order valence-electron chi connectivity index (χ4n) is 0.900. The molecular formula is C6HCl2N5. The third kappa shape index (κ3) is 1.20. The van der Waals surface area contributed by atoms with Gasteiger partial charge in [0.15, 0.2) is 16.5 Å². The first-order valence-electron chi connectivity index (χ1n) is 3.19. The minimum absolute atomic E-state index is 0.0213.